The summed E-state index contributed by atoms with van der Waals surface area (Å²) in [6, 6.07) is 18.5. The van der Waals surface area contributed by atoms with Crippen LogP contribution in [0, 0.1) is 12.8 Å². The van der Waals surface area contributed by atoms with E-state index in [2.05, 4.69) is 34.9 Å². The van der Waals surface area contributed by atoms with Crippen molar-refractivity contribution >= 4 is 39.9 Å². The first-order valence-electron chi connectivity index (χ1n) is 14.1. The van der Waals surface area contributed by atoms with Gasteiger partial charge in [0.1, 0.15) is 6.04 Å². The number of likely N-dealkylation sites (N-methyl/N-ethyl adjacent to an activating group) is 1. The van der Waals surface area contributed by atoms with Crippen LogP contribution < -0.4 is 20.4 Å². The number of aryl methyl sites for hydroxylation is 1. The lowest BCUT2D eigenvalue weighted by molar-refractivity contribution is -0.128. The van der Waals surface area contributed by atoms with Crippen molar-refractivity contribution in [3.05, 3.63) is 71.8 Å². The van der Waals surface area contributed by atoms with Gasteiger partial charge in [0, 0.05) is 19.6 Å². The number of carbonyl (C=O) groups is 3. The zero-order chi connectivity index (χ0) is 28.2. The molecule has 2 atom stereocenters. The van der Waals surface area contributed by atoms with Gasteiger partial charge in [-0.1, -0.05) is 48.5 Å². The third kappa shape index (κ3) is 5.74. The van der Waals surface area contributed by atoms with E-state index in [4.69, 9.17) is 4.74 Å². The standard InChI is InChI=1S/C32H38N4O4/c1-21-12-13-24-8-4-5-9-25(24)26(21)19-36-29-11-7-6-10-28(29)35(30(37)18-23-14-16-40-17-15-23)20-27(32(36)39)34-31(38)22(2)33-3/h4-13,22-23,27,33H,14-20H2,1-3H3,(H,34,38). The molecule has 2 unspecified atom stereocenters. The molecule has 1 fully saturated rings. The van der Waals surface area contributed by atoms with E-state index in [1.165, 1.54) is 0 Å². The number of nitrogens with zero attached hydrogens (tertiary/aromatic N) is 2. The fraction of sp³-hybridized carbons (Fsp3) is 0.406. The van der Waals surface area contributed by atoms with Crippen molar-refractivity contribution in [1.82, 2.24) is 10.6 Å². The number of carbonyl (C=O) groups excluding carboxylic acids is 3. The van der Waals surface area contributed by atoms with Crippen molar-refractivity contribution in [1.29, 1.82) is 0 Å². The van der Waals surface area contributed by atoms with Gasteiger partial charge in [0.2, 0.25) is 11.8 Å². The maximum Gasteiger partial charge on any atom is 0.251 e. The van der Waals surface area contributed by atoms with Gasteiger partial charge in [0.05, 0.1) is 30.5 Å². The summed E-state index contributed by atoms with van der Waals surface area (Å²) in [4.78, 5) is 44.6. The Labute approximate surface area is 235 Å². The van der Waals surface area contributed by atoms with Crippen LogP contribution in [-0.4, -0.2) is 56.6 Å². The average molecular weight is 543 g/mol. The number of nitrogens with one attached hydrogen (secondary N) is 2. The molecular formula is C32H38N4O4. The molecule has 0 radical (unpaired) electrons. The summed E-state index contributed by atoms with van der Waals surface area (Å²) in [6.07, 6.45) is 2.06. The van der Waals surface area contributed by atoms with Crippen LogP contribution in [0.5, 0.6) is 0 Å². The highest BCUT2D eigenvalue weighted by Gasteiger charge is 2.38. The number of hydrogen-bond donors (Lipinski definition) is 2. The summed E-state index contributed by atoms with van der Waals surface area (Å²) in [5, 5.41) is 8.06. The minimum atomic E-state index is -0.898. The van der Waals surface area contributed by atoms with E-state index >= 15 is 0 Å². The number of benzene rings is 3. The molecule has 0 spiro atoms. The quantitative estimate of drug-likeness (QED) is 0.472. The molecule has 2 heterocycles. The van der Waals surface area contributed by atoms with Crippen molar-refractivity contribution in [2.24, 2.45) is 5.92 Å². The maximum absolute atomic E-state index is 14.3. The predicted octanol–water partition coefficient (Wildman–Crippen LogP) is 3.94. The smallest absolute Gasteiger partial charge is 0.251 e. The fourth-order valence-electron chi connectivity index (χ4n) is 5.64. The van der Waals surface area contributed by atoms with Crippen LogP contribution >= 0.6 is 0 Å². The summed E-state index contributed by atoms with van der Waals surface area (Å²) >= 11 is 0. The molecular weight excluding hydrogens is 504 g/mol. The lowest BCUT2D eigenvalue weighted by atomic mass is 9.95. The average Bonchev–Trinajstić information content (AvgIpc) is 3.09. The van der Waals surface area contributed by atoms with Gasteiger partial charge in [-0.3, -0.25) is 14.4 Å². The number of fused-ring (bicyclic) bond motifs is 2. The molecule has 2 N–H and O–H groups in total. The second-order valence-corrected chi connectivity index (χ2v) is 10.8. The predicted molar refractivity (Wildman–Crippen MR) is 157 cm³/mol. The first kappa shape index (κ1) is 27.8. The van der Waals surface area contributed by atoms with Crippen LogP contribution in [0.4, 0.5) is 11.4 Å². The Morgan fingerprint density at radius 1 is 1.00 bits per heavy atom. The van der Waals surface area contributed by atoms with Crippen LogP contribution in [-0.2, 0) is 25.7 Å². The Morgan fingerprint density at radius 3 is 2.45 bits per heavy atom. The van der Waals surface area contributed by atoms with Crippen LogP contribution in [0.2, 0.25) is 0 Å². The number of anilines is 2. The molecule has 3 amide bonds. The third-order valence-electron chi connectivity index (χ3n) is 8.23. The molecule has 8 heteroatoms. The first-order valence-corrected chi connectivity index (χ1v) is 14.1. The molecule has 0 aliphatic carbocycles. The van der Waals surface area contributed by atoms with Gasteiger partial charge < -0.3 is 25.2 Å². The van der Waals surface area contributed by atoms with Crippen molar-refractivity contribution in [2.45, 2.75) is 51.7 Å². The van der Waals surface area contributed by atoms with E-state index in [0.717, 1.165) is 34.7 Å². The zero-order valence-corrected chi connectivity index (χ0v) is 23.5. The molecule has 8 nitrogen and oxygen atoms in total. The molecule has 210 valence electrons. The van der Waals surface area contributed by atoms with Crippen LogP contribution in [0.15, 0.2) is 60.7 Å². The van der Waals surface area contributed by atoms with Crippen molar-refractivity contribution in [3.63, 3.8) is 0 Å². The molecule has 0 bridgehead atoms. The van der Waals surface area contributed by atoms with Gasteiger partial charge in [-0.15, -0.1) is 0 Å². The Bertz CT molecular complexity index is 1400. The number of ether oxygens (including phenoxy) is 1. The Hall–Kier alpha value is -3.75. The van der Waals surface area contributed by atoms with E-state index in [-0.39, 0.29) is 30.2 Å². The van der Waals surface area contributed by atoms with Gasteiger partial charge in [-0.2, -0.15) is 0 Å². The van der Waals surface area contributed by atoms with Crippen LogP contribution in [0.25, 0.3) is 10.8 Å². The van der Waals surface area contributed by atoms with Gasteiger partial charge in [-0.25, -0.2) is 0 Å². The zero-order valence-electron chi connectivity index (χ0n) is 23.5. The molecule has 2 aliphatic rings. The second-order valence-electron chi connectivity index (χ2n) is 10.8. The SMILES string of the molecule is CNC(C)C(=O)NC1CN(C(=O)CC2CCOCC2)c2ccccc2N(Cc2c(C)ccc3ccccc23)C1=O. The highest BCUT2D eigenvalue weighted by atomic mass is 16.5. The van der Waals surface area contributed by atoms with E-state index in [0.29, 0.717) is 37.6 Å². The minimum Gasteiger partial charge on any atom is -0.381 e. The summed E-state index contributed by atoms with van der Waals surface area (Å²) in [7, 11) is 1.70. The van der Waals surface area contributed by atoms with Gasteiger partial charge in [0.15, 0.2) is 0 Å². The second kappa shape index (κ2) is 12.2. The largest absolute Gasteiger partial charge is 0.381 e. The van der Waals surface area contributed by atoms with Crippen molar-refractivity contribution < 1.29 is 19.1 Å². The molecule has 0 aromatic heterocycles. The van der Waals surface area contributed by atoms with E-state index in [1.807, 2.05) is 43.3 Å². The highest BCUT2D eigenvalue weighted by Crippen LogP contribution is 2.36. The van der Waals surface area contributed by atoms with Gasteiger partial charge in [0.25, 0.3) is 5.91 Å². The Balaban J connectivity index is 1.56. The summed E-state index contributed by atoms with van der Waals surface area (Å²) in [5.74, 6) is -0.335. The molecule has 3 aromatic rings. The van der Waals surface area contributed by atoms with E-state index in [9.17, 15) is 14.4 Å². The summed E-state index contributed by atoms with van der Waals surface area (Å²) < 4.78 is 5.49. The first-order chi connectivity index (χ1) is 19.4. The van der Waals surface area contributed by atoms with E-state index in [1.54, 1.807) is 23.8 Å². The molecule has 3 aromatic carbocycles. The van der Waals surface area contributed by atoms with Crippen LogP contribution in [0.3, 0.4) is 0 Å². The molecule has 1 saturated heterocycles. The highest BCUT2D eigenvalue weighted by molar-refractivity contribution is 6.08. The van der Waals surface area contributed by atoms with Gasteiger partial charge >= 0.3 is 0 Å². The lowest BCUT2D eigenvalue weighted by Gasteiger charge is -2.28. The maximum atomic E-state index is 14.3. The van der Waals surface area contributed by atoms with Gasteiger partial charge in [-0.05, 0) is 73.7 Å². The lowest BCUT2D eigenvalue weighted by Crippen LogP contribution is -2.55. The Kier molecular flexibility index (Phi) is 8.47. The normalized spacial score (nSPS) is 18.8. The van der Waals surface area contributed by atoms with Crippen molar-refractivity contribution in [3.8, 4) is 0 Å². The van der Waals surface area contributed by atoms with E-state index < -0.39 is 12.1 Å². The third-order valence-corrected chi connectivity index (χ3v) is 8.23. The fourth-order valence-corrected chi connectivity index (χ4v) is 5.64. The molecule has 2 aliphatic heterocycles. The topological polar surface area (TPSA) is 91.0 Å². The molecule has 0 saturated carbocycles. The minimum absolute atomic E-state index is 0.0451. The number of rotatable bonds is 7. The molecule has 40 heavy (non-hydrogen) atoms. The number of amides is 3. The Morgan fingerprint density at radius 2 is 1.70 bits per heavy atom. The molecule has 5 rings (SSSR count). The number of para-hydroxylation sites is 2. The summed E-state index contributed by atoms with van der Waals surface area (Å²) in [5.41, 5.74) is 3.46. The summed E-state index contributed by atoms with van der Waals surface area (Å²) in [6.45, 7) is 5.51. The van der Waals surface area contributed by atoms with Crippen molar-refractivity contribution in [2.75, 3.05) is 36.6 Å². The number of hydrogen-bond acceptors (Lipinski definition) is 5. The van der Waals surface area contributed by atoms with Crippen LogP contribution in [0.1, 0.15) is 37.3 Å². The monoisotopic (exact) mass is 542 g/mol.